The van der Waals surface area contributed by atoms with E-state index in [1.54, 1.807) is 18.2 Å². The normalized spacial score (nSPS) is 14.5. The molecule has 0 aromatic heterocycles. The molecule has 24 heavy (non-hydrogen) atoms. The highest BCUT2D eigenvalue weighted by atomic mass is 16.5. The van der Waals surface area contributed by atoms with Crippen molar-refractivity contribution < 1.29 is 14.3 Å². The Morgan fingerprint density at radius 2 is 1.83 bits per heavy atom. The smallest absolute Gasteiger partial charge is 0.338 e. The summed E-state index contributed by atoms with van der Waals surface area (Å²) in [5, 5.41) is 0. The van der Waals surface area contributed by atoms with E-state index in [0.29, 0.717) is 23.6 Å². The Morgan fingerprint density at radius 3 is 2.54 bits per heavy atom. The fourth-order valence-electron chi connectivity index (χ4n) is 2.86. The molecule has 0 unspecified atom stereocenters. The van der Waals surface area contributed by atoms with E-state index in [1.165, 1.54) is 5.56 Å². The van der Waals surface area contributed by atoms with E-state index in [4.69, 9.17) is 15.2 Å². The van der Waals surface area contributed by atoms with Crippen LogP contribution in [0.2, 0.25) is 0 Å². The number of benzene rings is 2. The topological polar surface area (TPSA) is 61.5 Å². The zero-order valence-electron chi connectivity index (χ0n) is 14.0. The van der Waals surface area contributed by atoms with Crippen molar-refractivity contribution in [2.24, 2.45) is 0 Å². The van der Waals surface area contributed by atoms with Crippen LogP contribution in [0, 0.1) is 6.92 Å². The van der Waals surface area contributed by atoms with Crippen LogP contribution in [0.3, 0.4) is 0 Å². The molecule has 2 N–H and O–H groups in total. The summed E-state index contributed by atoms with van der Waals surface area (Å²) in [5.41, 5.74) is 9.22. The van der Waals surface area contributed by atoms with Crippen molar-refractivity contribution in [2.75, 3.05) is 5.73 Å². The van der Waals surface area contributed by atoms with Gasteiger partial charge in [-0.1, -0.05) is 29.8 Å². The minimum Gasteiger partial charge on any atom is -0.487 e. The summed E-state index contributed by atoms with van der Waals surface area (Å²) in [6.45, 7) is 2.45. The summed E-state index contributed by atoms with van der Waals surface area (Å²) < 4.78 is 11.3. The standard InChI is InChI=1S/C20H23NO3/c1-14-6-8-15(9-7-14)13-23-19-12-16(10-11-18(19)21)20(22)24-17-4-2-3-5-17/h6-12,17H,2-5,13,21H2,1H3. The van der Waals surface area contributed by atoms with Crippen molar-refractivity contribution in [1.29, 1.82) is 0 Å². The zero-order valence-corrected chi connectivity index (χ0v) is 14.0. The van der Waals surface area contributed by atoms with Crippen LogP contribution in [0.15, 0.2) is 42.5 Å². The predicted octanol–water partition coefficient (Wildman–Crippen LogP) is 4.26. The molecular formula is C20H23NO3. The van der Waals surface area contributed by atoms with Gasteiger partial charge in [-0.3, -0.25) is 0 Å². The Balaban J connectivity index is 1.66. The monoisotopic (exact) mass is 325 g/mol. The maximum atomic E-state index is 12.3. The summed E-state index contributed by atoms with van der Waals surface area (Å²) in [7, 11) is 0. The van der Waals surface area contributed by atoms with Gasteiger partial charge in [-0.15, -0.1) is 0 Å². The van der Waals surface area contributed by atoms with Crippen molar-refractivity contribution in [1.82, 2.24) is 0 Å². The van der Waals surface area contributed by atoms with Crippen LogP contribution in [-0.4, -0.2) is 12.1 Å². The lowest BCUT2D eigenvalue weighted by molar-refractivity contribution is 0.0317. The van der Waals surface area contributed by atoms with Crippen LogP contribution in [-0.2, 0) is 11.3 Å². The summed E-state index contributed by atoms with van der Waals surface area (Å²) in [5.74, 6) is 0.207. The van der Waals surface area contributed by atoms with Crippen molar-refractivity contribution in [3.63, 3.8) is 0 Å². The van der Waals surface area contributed by atoms with Crippen LogP contribution in [0.1, 0.15) is 47.2 Å². The summed E-state index contributed by atoms with van der Waals surface area (Å²) in [6, 6.07) is 13.2. The highest BCUT2D eigenvalue weighted by molar-refractivity contribution is 5.90. The predicted molar refractivity (Wildman–Crippen MR) is 94.0 cm³/mol. The van der Waals surface area contributed by atoms with Crippen molar-refractivity contribution >= 4 is 11.7 Å². The fourth-order valence-corrected chi connectivity index (χ4v) is 2.86. The Kier molecular flexibility index (Phi) is 5.04. The Hall–Kier alpha value is -2.49. The number of carbonyl (C=O) groups excluding carboxylic acids is 1. The molecule has 0 heterocycles. The Morgan fingerprint density at radius 1 is 1.12 bits per heavy atom. The molecule has 1 aliphatic rings. The van der Waals surface area contributed by atoms with E-state index >= 15 is 0 Å². The summed E-state index contributed by atoms with van der Waals surface area (Å²) in [6.07, 6.45) is 4.22. The van der Waals surface area contributed by atoms with E-state index in [1.807, 2.05) is 31.2 Å². The third kappa shape index (κ3) is 4.07. The third-order valence-corrected chi connectivity index (χ3v) is 4.34. The molecule has 4 heteroatoms. The van der Waals surface area contributed by atoms with Gasteiger partial charge in [0.05, 0.1) is 11.3 Å². The molecule has 1 saturated carbocycles. The van der Waals surface area contributed by atoms with Crippen LogP contribution in [0.5, 0.6) is 5.75 Å². The molecule has 0 aliphatic heterocycles. The molecule has 126 valence electrons. The molecular weight excluding hydrogens is 302 g/mol. The lowest BCUT2D eigenvalue weighted by atomic mass is 10.1. The first-order chi connectivity index (χ1) is 11.6. The van der Waals surface area contributed by atoms with Crippen LogP contribution in [0.4, 0.5) is 5.69 Å². The van der Waals surface area contributed by atoms with Gasteiger partial charge in [0.1, 0.15) is 18.5 Å². The highest BCUT2D eigenvalue weighted by Crippen LogP contribution is 2.26. The molecule has 2 aromatic rings. The first-order valence-electron chi connectivity index (χ1n) is 8.40. The first-order valence-corrected chi connectivity index (χ1v) is 8.40. The van der Waals surface area contributed by atoms with Crippen molar-refractivity contribution in [2.45, 2.75) is 45.3 Å². The number of ether oxygens (including phenoxy) is 2. The second-order valence-corrected chi connectivity index (χ2v) is 6.34. The Labute approximate surface area is 142 Å². The quantitative estimate of drug-likeness (QED) is 0.659. The molecule has 2 aromatic carbocycles. The molecule has 1 aliphatic carbocycles. The molecule has 0 spiro atoms. The highest BCUT2D eigenvalue weighted by Gasteiger charge is 2.20. The number of esters is 1. The maximum Gasteiger partial charge on any atom is 0.338 e. The molecule has 0 radical (unpaired) electrons. The summed E-state index contributed by atoms with van der Waals surface area (Å²) >= 11 is 0. The van der Waals surface area contributed by atoms with Gasteiger partial charge in [-0.2, -0.15) is 0 Å². The van der Waals surface area contributed by atoms with Gasteiger partial charge < -0.3 is 15.2 Å². The largest absolute Gasteiger partial charge is 0.487 e. The number of hydrogen-bond acceptors (Lipinski definition) is 4. The van der Waals surface area contributed by atoms with Gasteiger partial charge in [-0.05, 0) is 56.4 Å². The lowest BCUT2D eigenvalue weighted by Gasteiger charge is -2.13. The molecule has 0 amide bonds. The number of carbonyl (C=O) groups is 1. The molecule has 4 nitrogen and oxygen atoms in total. The number of nitrogen functional groups attached to an aromatic ring is 1. The third-order valence-electron chi connectivity index (χ3n) is 4.34. The second kappa shape index (κ2) is 7.39. The van der Waals surface area contributed by atoms with E-state index in [2.05, 4.69) is 0 Å². The van der Waals surface area contributed by atoms with Crippen molar-refractivity contribution in [3.8, 4) is 5.75 Å². The van der Waals surface area contributed by atoms with Gasteiger partial charge in [0.25, 0.3) is 0 Å². The lowest BCUT2D eigenvalue weighted by Crippen LogP contribution is -2.15. The van der Waals surface area contributed by atoms with E-state index in [0.717, 1.165) is 31.2 Å². The fraction of sp³-hybridized carbons (Fsp3) is 0.350. The second-order valence-electron chi connectivity index (χ2n) is 6.34. The van der Waals surface area contributed by atoms with Gasteiger partial charge in [0, 0.05) is 0 Å². The average molecular weight is 325 g/mol. The minimum absolute atomic E-state index is 0.0481. The Bertz CT molecular complexity index is 703. The molecule has 0 bridgehead atoms. The van der Waals surface area contributed by atoms with Crippen LogP contribution in [0.25, 0.3) is 0 Å². The number of hydrogen-bond donors (Lipinski definition) is 1. The van der Waals surface area contributed by atoms with E-state index in [9.17, 15) is 4.79 Å². The number of aryl methyl sites for hydroxylation is 1. The number of rotatable bonds is 5. The van der Waals surface area contributed by atoms with Gasteiger partial charge >= 0.3 is 5.97 Å². The van der Waals surface area contributed by atoms with Crippen LogP contribution < -0.4 is 10.5 Å². The van der Waals surface area contributed by atoms with Gasteiger partial charge in [0.2, 0.25) is 0 Å². The van der Waals surface area contributed by atoms with E-state index < -0.39 is 0 Å². The molecule has 0 saturated heterocycles. The average Bonchev–Trinajstić information content (AvgIpc) is 3.08. The molecule has 3 rings (SSSR count). The molecule has 0 atom stereocenters. The molecule has 1 fully saturated rings. The number of anilines is 1. The summed E-state index contributed by atoms with van der Waals surface area (Å²) in [4.78, 5) is 12.3. The van der Waals surface area contributed by atoms with Crippen LogP contribution >= 0.6 is 0 Å². The van der Waals surface area contributed by atoms with Crippen molar-refractivity contribution in [3.05, 3.63) is 59.2 Å². The minimum atomic E-state index is -0.304. The zero-order chi connectivity index (χ0) is 16.9. The first kappa shape index (κ1) is 16.4. The van der Waals surface area contributed by atoms with Gasteiger partial charge in [-0.25, -0.2) is 4.79 Å². The van der Waals surface area contributed by atoms with E-state index in [-0.39, 0.29) is 12.1 Å². The number of nitrogens with two attached hydrogens (primary N) is 1. The van der Waals surface area contributed by atoms with Gasteiger partial charge in [0.15, 0.2) is 0 Å². The SMILES string of the molecule is Cc1ccc(COc2cc(C(=O)OC3CCCC3)ccc2N)cc1. The maximum absolute atomic E-state index is 12.3.